The maximum absolute atomic E-state index is 5.89. The third kappa shape index (κ3) is 4.68. The third-order valence-electron chi connectivity index (χ3n) is 3.35. The normalized spacial score (nSPS) is 11.7. The first kappa shape index (κ1) is 14.5. The van der Waals surface area contributed by atoms with Gasteiger partial charge in [-0.15, -0.1) is 6.42 Å². The molecule has 0 fully saturated rings. The van der Waals surface area contributed by atoms with Crippen LogP contribution >= 0.6 is 0 Å². The van der Waals surface area contributed by atoms with Gasteiger partial charge in [-0.1, -0.05) is 26.7 Å². The summed E-state index contributed by atoms with van der Waals surface area (Å²) in [5.74, 6) is 2.73. The Balaban J connectivity index is 4.39. The van der Waals surface area contributed by atoms with Crippen LogP contribution in [0.2, 0.25) is 0 Å². The lowest BCUT2D eigenvalue weighted by atomic mass is 9.82. The predicted molar refractivity (Wildman–Crippen MR) is 67.6 cm³/mol. The van der Waals surface area contributed by atoms with E-state index in [0.29, 0.717) is 0 Å². The van der Waals surface area contributed by atoms with Crippen LogP contribution < -0.4 is 5.73 Å². The van der Waals surface area contributed by atoms with Gasteiger partial charge in [0.2, 0.25) is 0 Å². The second-order valence-electron chi connectivity index (χ2n) is 4.33. The van der Waals surface area contributed by atoms with Crippen molar-refractivity contribution in [3.8, 4) is 12.3 Å². The Morgan fingerprint density at radius 1 is 1.27 bits per heavy atom. The lowest BCUT2D eigenvalue weighted by Gasteiger charge is -2.35. The molecule has 88 valence electrons. The fourth-order valence-electron chi connectivity index (χ4n) is 1.96. The summed E-state index contributed by atoms with van der Waals surface area (Å²) >= 11 is 0. The minimum absolute atomic E-state index is 0.256. The maximum atomic E-state index is 5.89. The summed E-state index contributed by atoms with van der Waals surface area (Å²) in [6.07, 6.45) is 8.79. The molecule has 0 spiro atoms. The van der Waals surface area contributed by atoms with E-state index < -0.39 is 0 Å². The lowest BCUT2D eigenvalue weighted by Crippen LogP contribution is -2.42. The average molecular weight is 210 g/mol. The summed E-state index contributed by atoms with van der Waals surface area (Å²) in [5.41, 5.74) is 6.15. The Hall–Kier alpha value is -0.520. The topological polar surface area (TPSA) is 29.3 Å². The van der Waals surface area contributed by atoms with Gasteiger partial charge in [0.1, 0.15) is 0 Å². The zero-order valence-electron chi connectivity index (χ0n) is 10.6. The Morgan fingerprint density at radius 2 is 1.87 bits per heavy atom. The van der Waals surface area contributed by atoms with Crippen LogP contribution in [-0.4, -0.2) is 31.1 Å². The largest absolute Gasteiger partial charge is 0.330 e. The molecule has 0 radical (unpaired) electrons. The first-order valence-corrected chi connectivity index (χ1v) is 6.03. The number of nitrogens with two attached hydrogens (primary N) is 1. The first-order valence-electron chi connectivity index (χ1n) is 6.03. The van der Waals surface area contributed by atoms with E-state index in [2.05, 4.69) is 31.6 Å². The number of hydrogen-bond donors (Lipinski definition) is 1. The van der Waals surface area contributed by atoms with E-state index in [1.54, 1.807) is 0 Å². The van der Waals surface area contributed by atoms with Crippen LogP contribution in [0, 0.1) is 17.8 Å². The second kappa shape index (κ2) is 7.73. The molecule has 2 heteroatoms. The van der Waals surface area contributed by atoms with Crippen molar-refractivity contribution in [2.75, 3.05) is 26.2 Å². The number of hydrogen-bond acceptors (Lipinski definition) is 2. The zero-order valence-corrected chi connectivity index (χ0v) is 10.6. The van der Waals surface area contributed by atoms with Gasteiger partial charge in [0.25, 0.3) is 0 Å². The first-order chi connectivity index (χ1) is 7.17. The highest BCUT2D eigenvalue weighted by atomic mass is 15.1. The van der Waals surface area contributed by atoms with Gasteiger partial charge in [0.05, 0.1) is 6.54 Å². The molecule has 2 nitrogen and oxygen atoms in total. The summed E-state index contributed by atoms with van der Waals surface area (Å²) in [6, 6.07) is 0. The summed E-state index contributed by atoms with van der Waals surface area (Å²) < 4.78 is 0. The smallest absolute Gasteiger partial charge is 0.0599 e. The molecular weight excluding hydrogens is 184 g/mol. The molecule has 0 aliphatic carbocycles. The van der Waals surface area contributed by atoms with Crippen LogP contribution in [0.5, 0.6) is 0 Å². The number of rotatable bonds is 8. The second-order valence-corrected chi connectivity index (χ2v) is 4.33. The van der Waals surface area contributed by atoms with E-state index in [-0.39, 0.29) is 5.41 Å². The Kier molecular flexibility index (Phi) is 7.46. The van der Waals surface area contributed by atoms with E-state index in [0.717, 1.165) is 45.4 Å². The van der Waals surface area contributed by atoms with Gasteiger partial charge >= 0.3 is 0 Å². The van der Waals surface area contributed by atoms with Crippen molar-refractivity contribution >= 4 is 0 Å². The Morgan fingerprint density at radius 3 is 2.20 bits per heavy atom. The summed E-state index contributed by atoms with van der Waals surface area (Å²) in [7, 11) is 0. The summed E-state index contributed by atoms with van der Waals surface area (Å²) in [6.45, 7) is 10.2. The molecule has 0 amide bonds. The van der Waals surface area contributed by atoms with Crippen LogP contribution in [-0.2, 0) is 0 Å². The highest BCUT2D eigenvalue weighted by Crippen LogP contribution is 2.26. The molecule has 0 aromatic rings. The van der Waals surface area contributed by atoms with Gasteiger partial charge in [-0.05, 0) is 37.8 Å². The molecule has 0 heterocycles. The molecule has 0 aliphatic heterocycles. The van der Waals surface area contributed by atoms with Crippen LogP contribution in [0.3, 0.4) is 0 Å². The molecule has 2 N–H and O–H groups in total. The standard InChI is InChI=1S/C13H26N2/c1-5-9-15(10-6-2)12-13(7-3,8-4)11-14/h1H,6-12,14H2,2-4H3. The monoisotopic (exact) mass is 210 g/mol. The van der Waals surface area contributed by atoms with E-state index in [4.69, 9.17) is 12.2 Å². The number of terminal acetylenes is 1. The Bertz CT molecular complexity index is 181. The van der Waals surface area contributed by atoms with Crippen molar-refractivity contribution < 1.29 is 0 Å². The van der Waals surface area contributed by atoms with E-state index in [1.807, 2.05) is 0 Å². The van der Waals surface area contributed by atoms with Gasteiger partial charge < -0.3 is 5.73 Å². The third-order valence-corrected chi connectivity index (χ3v) is 3.35. The van der Waals surface area contributed by atoms with Crippen molar-refractivity contribution in [1.82, 2.24) is 4.90 Å². The van der Waals surface area contributed by atoms with Crippen LogP contribution in [0.25, 0.3) is 0 Å². The predicted octanol–water partition coefficient (Wildman–Crippen LogP) is 2.10. The van der Waals surface area contributed by atoms with Crippen molar-refractivity contribution in [2.24, 2.45) is 11.1 Å². The molecule has 0 unspecified atom stereocenters. The quantitative estimate of drug-likeness (QED) is 0.622. The van der Waals surface area contributed by atoms with Crippen molar-refractivity contribution in [2.45, 2.75) is 40.0 Å². The van der Waals surface area contributed by atoms with Crippen molar-refractivity contribution in [1.29, 1.82) is 0 Å². The maximum Gasteiger partial charge on any atom is 0.0599 e. The number of nitrogens with zero attached hydrogens (tertiary/aromatic N) is 1. The minimum atomic E-state index is 0.256. The van der Waals surface area contributed by atoms with Crippen molar-refractivity contribution in [3.05, 3.63) is 0 Å². The van der Waals surface area contributed by atoms with E-state index in [9.17, 15) is 0 Å². The molecule has 0 bridgehead atoms. The molecule has 0 rings (SSSR count). The molecule has 0 aliphatic rings. The van der Waals surface area contributed by atoms with Crippen LogP contribution in [0.4, 0.5) is 0 Å². The molecular formula is C13H26N2. The van der Waals surface area contributed by atoms with E-state index in [1.165, 1.54) is 0 Å². The zero-order chi connectivity index (χ0) is 11.7. The highest BCUT2D eigenvalue weighted by molar-refractivity contribution is 4.91. The highest BCUT2D eigenvalue weighted by Gasteiger charge is 2.26. The van der Waals surface area contributed by atoms with Gasteiger partial charge in [-0.2, -0.15) is 0 Å². The van der Waals surface area contributed by atoms with Crippen LogP contribution in [0.1, 0.15) is 40.0 Å². The molecule has 0 atom stereocenters. The molecule has 0 aromatic heterocycles. The summed E-state index contributed by atoms with van der Waals surface area (Å²) in [5, 5.41) is 0. The fourth-order valence-corrected chi connectivity index (χ4v) is 1.96. The summed E-state index contributed by atoms with van der Waals surface area (Å²) in [4.78, 5) is 2.35. The SMILES string of the molecule is C#CCN(CCC)CC(CC)(CC)CN. The van der Waals surface area contributed by atoms with Gasteiger partial charge in [-0.3, -0.25) is 4.90 Å². The van der Waals surface area contributed by atoms with Gasteiger partial charge in [0, 0.05) is 6.54 Å². The fraction of sp³-hybridized carbons (Fsp3) is 0.846. The molecule has 0 saturated heterocycles. The molecule has 15 heavy (non-hydrogen) atoms. The molecule has 0 aromatic carbocycles. The minimum Gasteiger partial charge on any atom is -0.330 e. The van der Waals surface area contributed by atoms with Gasteiger partial charge in [-0.25, -0.2) is 0 Å². The molecule has 0 saturated carbocycles. The Labute approximate surface area is 95.2 Å². The van der Waals surface area contributed by atoms with Gasteiger partial charge in [0.15, 0.2) is 0 Å². The van der Waals surface area contributed by atoms with Crippen molar-refractivity contribution in [3.63, 3.8) is 0 Å². The van der Waals surface area contributed by atoms with E-state index >= 15 is 0 Å². The lowest BCUT2D eigenvalue weighted by molar-refractivity contribution is 0.156. The average Bonchev–Trinajstić information content (AvgIpc) is 2.27. The van der Waals surface area contributed by atoms with Crippen LogP contribution in [0.15, 0.2) is 0 Å².